The smallest absolute Gasteiger partial charge is 0.310 e. The number of carbonyl (C=O) groups is 1. The highest BCUT2D eigenvalue weighted by molar-refractivity contribution is 5.81. The van der Waals surface area contributed by atoms with Crippen molar-refractivity contribution in [3.8, 4) is 0 Å². The van der Waals surface area contributed by atoms with E-state index >= 15 is 0 Å². The van der Waals surface area contributed by atoms with Crippen LogP contribution in [0.2, 0.25) is 0 Å². The molecule has 0 radical (unpaired) electrons. The first-order valence-corrected chi connectivity index (χ1v) is 8.07. The topological polar surface area (TPSA) is 90.5 Å². The van der Waals surface area contributed by atoms with E-state index in [1.807, 2.05) is 0 Å². The van der Waals surface area contributed by atoms with Gasteiger partial charge in [0.1, 0.15) is 0 Å². The third-order valence-corrected chi connectivity index (χ3v) is 4.30. The maximum Gasteiger partial charge on any atom is 0.310 e. The van der Waals surface area contributed by atoms with Crippen LogP contribution in [0, 0.1) is 16.0 Å². The Morgan fingerprint density at radius 3 is 3.08 bits per heavy atom. The van der Waals surface area contributed by atoms with Crippen molar-refractivity contribution >= 4 is 22.6 Å². The number of carbonyl (C=O) groups excluding carboxylic acids is 1. The number of benzene rings is 1. The molecule has 1 atom stereocenters. The molecule has 0 amide bonds. The van der Waals surface area contributed by atoms with Crippen LogP contribution in [0.15, 0.2) is 24.4 Å². The molecule has 8 heteroatoms. The minimum Gasteiger partial charge on any atom is -0.466 e. The van der Waals surface area contributed by atoms with Crippen LogP contribution >= 0.6 is 0 Å². The molecular formula is C16H20N4O4. The summed E-state index contributed by atoms with van der Waals surface area (Å²) in [6, 6.07) is 4.72. The molecule has 0 saturated carbocycles. The van der Waals surface area contributed by atoms with Gasteiger partial charge in [0.25, 0.3) is 5.69 Å². The number of piperidine rings is 1. The Hall–Kier alpha value is -2.48. The number of likely N-dealkylation sites (tertiary alicyclic amines) is 1. The van der Waals surface area contributed by atoms with E-state index in [9.17, 15) is 14.9 Å². The van der Waals surface area contributed by atoms with Crippen molar-refractivity contribution in [1.29, 1.82) is 0 Å². The van der Waals surface area contributed by atoms with Crippen molar-refractivity contribution in [2.75, 3.05) is 19.7 Å². The van der Waals surface area contributed by atoms with E-state index in [4.69, 9.17) is 4.74 Å². The second-order valence-corrected chi connectivity index (χ2v) is 5.95. The maximum absolute atomic E-state index is 11.9. The van der Waals surface area contributed by atoms with Gasteiger partial charge in [-0.15, -0.1) is 0 Å². The summed E-state index contributed by atoms with van der Waals surface area (Å²) in [5.74, 6) is -0.266. The molecule has 1 aliphatic rings. The summed E-state index contributed by atoms with van der Waals surface area (Å²) < 4.78 is 6.86. The summed E-state index contributed by atoms with van der Waals surface area (Å²) in [4.78, 5) is 24.6. The zero-order chi connectivity index (χ0) is 17.1. The van der Waals surface area contributed by atoms with Gasteiger partial charge in [0, 0.05) is 24.1 Å². The van der Waals surface area contributed by atoms with Gasteiger partial charge in [-0.3, -0.25) is 24.5 Å². The lowest BCUT2D eigenvalue weighted by Gasteiger charge is -2.31. The Balaban J connectivity index is 1.75. The Kier molecular flexibility index (Phi) is 4.75. The number of nitro groups is 1. The first-order valence-electron chi connectivity index (χ1n) is 8.07. The molecule has 8 nitrogen and oxygen atoms in total. The van der Waals surface area contributed by atoms with E-state index in [2.05, 4.69) is 10.00 Å². The highest BCUT2D eigenvalue weighted by Crippen LogP contribution is 2.23. The number of nitro benzene ring substituents is 1. The first-order chi connectivity index (χ1) is 11.6. The molecule has 128 valence electrons. The average molecular weight is 332 g/mol. The van der Waals surface area contributed by atoms with Gasteiger partial charge in [-0.25, -0.2) is 0 Å². The number of fused-ring (bicyclic) bond motifs is 1. The zero-order valence-corrected chi connectivity index (χ0v) is 13.6. The van der Waals surface area contributed by atoms with Crippen LogP contribution in [0.5, 0.6) is 0 Å². The minimum atomic E-state index is -0.408. The lowest BCUT2D eigenvalue weighted by atomic mass is 9.98. The summed E-state index contributed by atoms with van der Waals surface area (Å²) >= 11 is 0. The van der Waals surface area contributed by atoms with E-state index in [0.29, 0.717) is 19.8 Å². The standard InChI is InChI=1S/C16H20N4O4/c1-2-24-16(21)13-4-3-7-18(10-13)11-19-15-8-14(20(22)23)6-5-12(15)9-17-19/h5-6,8-9,13H,2-4,7,10-11H2,1H3. The molecule has 1 aromatic carbocycles. The molecule has 0 aliphatic carbocycles. The van der Waals surface area contributed by atoms with E-state index in [1.54, 1.807) is 23.9 Å². The fourth-order valence-electron chi connectivity index (χ4n) is 3.11. The molecule has 2 aromatic rings. The number of nitrogens with zero attached hydrogens (tertiary/aromatic N) is 4. The molecule has 2 heterocycles. The van der Waals surface area contributed by atoms with Crippen molar-refractivity contribution in [2.24, 2.45) is 5.92 Å². The van der Waals surface area contributed by atoms with Crippen LogP contribution < -0.4 is 0 Å². The molecule has 24 heavy (non-hydrogen) atoms. The first kappa shape index (κ1) is 16.4. The largest absolute Gasteiger partial charge is 0.466 e. The van der Waals surface area contributed by atoms with E-state index < -0.39 is 4.92 Å². The van der Waals surface area contributed by atoms with Crippen LogP contribution in [-0.2, 0) is 16.2 Å². The fraction of sp³-hybridized carbons (Fsp3) is 0.500. The van der Waals surface area contributed by atoms with Gasteiger partial charge >= 0.3 is 5.97 Å². The van der Waals surface area contributed by atoms with Crippen molar-refractivity contribution in [3.63, 3.8) is 0 Å². The SMILES string of the molecule is CCOC(=O)C1CCCN(Cn2ncc3ccc([N+](=O)[O-])cc32)C1. The molecule has 0 bridgehead atoms. The number of hydrogen-bond acceptors (Lipinski definition) is 6. The Morgan fingerprint density at radius 2 is 2.33 bits per heavy atom. The summed E-state index contributed by atoms with van der Waals surface area (Å²) in [5.41, 5.74) is 0.773. The van der Waals surface area contributed by atoms with Crippen LogP contribution in [0.1, 0.15) is 19.8 Å². The van der Waals surface area contributed by atoms with Gasteiger partial charge in [-0.1, -0.05) is 0 Å². The van der Waals surface area contributed by atoms with Crippen molar-refractivity contribution in [3.05, 3.63) is 34.5 Å². The lowest BCUT2D eigenvalue weighted by Crippen LogP contribution is -2.40. The van der Waals surface area contributed by atoms with Crippen LogP contribution in [0.3, 0.4) is 0 Å². The summed E-state index contributed by atoms with van der Waals surface area (Å²) in [7, 11) is 0. The minimum absolute atomic E-state index is 0.0484. The molecule has 0 N–H and O–H groups in total. The molecule has 1 saturated heterocycles. The highest BCUT2D eigenvalue weighted by atomic mass is 16.6. The van der Waals surface area contributed by atoms with Gasteiger partial charge in [0.05, 0.1) is 35.8 Å². The molecule has 1 aromatic heterocycles. The molecule has 1 fully saturated rings. The van der Waals surface area contributed by atoms with Gasteiger partial charge in [-0.2, -0.15) is 5.10 Å². The number of non-ortho nitro benzene ring substituents is 1. The zero-order valence-electron chi connectivity index (χ0n) is 13.6. The van der Waals surface area contributed by atoms with Gasteiger partial charge < -0.3 is 4.74 Å². The summed E-state index contributed by atoms with van der Waals surface area (Å²) in [6.45, 7) is 4.19. The number of aromatic nitrogens is 2. The molecule has 3 rings (SSSR count). The van der Waals surface area contributed by atoms with Crippen molar-refractivity contribution < 1.29 is 14.5 Å². The Morgan fingerprint density at radius 1 is 1.50 bits per heavy atom. The molecule has 0 spiro atoms. The Labute approximate surface area is 139 Å². The predicted molar refractivity (Wildman–Crippen MR) is 87.3 cm³/mol. The van der Waals surface area contributed by atoms with E-state index in [0.717, 1.165) is 30.3 Å². The normalized spacial score (nSPS) is 18.6. The maximum atomic E-state index is 11.9. The quantitative estimate of drug-likeness (QED) is 0.473. The average Bonchev–Trinajstić information content (AvgIpc) is 2.97. The number of rotatable bonds is 5. The van der Waals surface area contributed by atoms with Gasteiger partial charge in [0.2, 0.25) is 0 Å². The number of hydrogen-bond donors (Lipinski definition) is 0. The van der Waals surface area contributed by atoms with Crippen molar-refractivity contribution in [2.45, 2.75) is 26.4 Å². The summed E-state index contributed by atoms with van der Waals surface area (Å²) in [5, 5.41) is 16.2. The Bertz CT molecular complexity index is 758. The van der Waals surface area contributed by atoms with Crippen LogP contribution in [0.4, 0.5) is 5.69 Å². The van der Waals surface area contributed by atoms with Gasteiger partial charge in [0.15, 0.2) is 0 Å². The van der Waals surface area contributed by atoms with E-state index in [-0.39, 0.29) is 17.6 Å². The van der Waals surface area contributed by atoms with Crippen molar-refractivity contribution in [1.82, 2.24) is 14.7 Å². The van der Waals surface area contributed by atoms with E-state index in [1.165, 1.54) is 12.1 Å². The second-order valence-electron chi connectivity index (χ2n) is 5.95. The summed E-state index contributed by atoms with van der Waals surface area (Å²) in [6.07, 6.45) is 3.45. The molecular weight excluding hydrogens is 312 g/mol. The van der Waals surface area contributed by atoms with Crippen LogP contribution in [-0.4, -0.2) is 45.3 Å². The lowest BCUT2D eigenvalue weighted by molar-refractivity contribution is -0.384. The third kappa shape index (κ3) is 3.38. The predicted octanol–water partition coefficient (Wildman–Crippen LogP) is 2.18. The number of ether oxygens (including phenoxy) is 1. The highest BCUT2D eigenvalue weighted by Gasteiger charge is 2.27. The fourth-order valence-corrected chi connectivity index (χ4v) is 3.11. The second kappa shape index (κ2) is 6.96. The van der Waals surface area contributed by atoms with Crippen LogP contribution in [0.25, 0.3) is 10.9 Å². The molecule has 1 unspecified atom stereocenters. The third-order valence-electron chi connectivity index (χ3n) is 4.30. The van der Waals surface area contributed by atoms with Gasteiger partial charge in [-0.05, 0) is 32.4 Å². The monoisotopic (exact) mass is 332 g/mol. The number of esters is 1. The molecule has 1 aliphatic heterocycles.